The maximum Gasteiger partial charge on any atom is 0.132 e. The third kappa shape index (κ3) is 0.257. The third-order valence-corrected chi connectivity index (χ3v) is 0.451. The molecular formula is C4H2O. The summed E-state index contributed by atoms with van der Waals surface area (Å²) in [6.07, 6.45) is 3.43. The molecule has 24 valence electrons. The predicted molar refractivity (Wildman–Crippen MR) is 18.3 cm³/mol. The smallest absolute Gasteiger partial charge is 0.132 e. The van der Waals surface area contributed by atoms with Gasteiger partial charge in [0.1, 0.15) is 5.94 Å². The van der Waals surface area contributed by atoms with E-state index in [0.717, 1.165) is 0 Å². The highest BCUT2D eigenvalue weighted by Crippen LogP contribution is 2.06. The molecule has 0 N–H and O–H groups in total. The molecule has 0 saturated heterocycles. The van der Waals surface area contributed by atoms with Crippen molar-refractivity contribution in [3.8, 4) is 0 Å². The monoisotopic (exact) mass is 66.0 g/mol. The summed E-state index contributed by atoms with van der Waals surface area (Å²) in [5.74, 6) is 1.69. The van der Waals surface area contributed by atoms with Gasteiger partial charge in [0, 0.05) is 0 Å². The number of hydrogen-bond acceptors (Lipinski definition) is 1. The molecule has 0 radical (unpaired) electrons. The fourth-order valence-corrected chi connectivity index (χ4v) is 0.110. The highest BCUT2D eigenvalue weighted by atomic mass is 16.1. The van der Waals surface area contributed by atoms with E-state index in [4.69, 9.17) is 0 Å². The van der Waals surface area contributed by atoms with Gasteiger partial charge in [0.05, 0.1) is 5.57 Å². The molecule has 0 spiro atoms. The van der Waals surface area contributed by atoms with Crippen molar-refractivity contribution in [1.82, 2.24) is 0 Å². The Kier molecular flexibility index (Phi) is 0.276. The van der Waals surface area contributed by atoms with Crippen molar-refractivity contribution < 1.29 is 4.79 Å². The zero-order valence-corrected chi connectivity index (χ0v) is 2.56. The SMILES string of the molecule is O=C=C1C=C1. The molecule has 5 heavy (non-hydrogen) atoms. The highest BCUT2D eigenvalue weighted by molar-refractivity contribution is 5.70. The summed E-state index contributed by atoms with van der Waals surface area (Å²) < 4.78 is 0. The molecule has 0 bridgehead atoms. The molecule has 0 heterocycles. The van der Waals surface area contributed by atoms with Crippen LogP contribution in [0.5, 0.6) is 0 Å². The second-order valence-corrected chi connectivity index (χ2v) is 0.891. The largest absolute Gasteiger partial charge is 0.233 e. The zero-order chi connectivity index (χ0) is 3.70. The van der Waals surface area contributed by atoms with Crippen LogP contribution in [0, 0.1) is 0 Å². The quantitative estimate of drug-likeness (QED) is 0.372. The van der Waals surface area contributed by atoms with Gasteiger partial charge in [0.2, 0.25) is 0 Å². The van der Waals surface area contributed by atoms with Gasteiger partial charge in [-0.3, -0.25) is 0 Å². The van der Waals surface area contributed by atoms with E-state index in [1.165, 1.54) is 0 Å². The molecular weight excluding hydrogens is 64.0 g/mol. The molecule has 0 aromatic rings. The van der Waals surface area contributed by atoms with Crippen LogP contribution in [0.4, 0.5) is 0 Å². The van der Waals surface area contributed by atoms with Gasteiger partial charge in [-0.05, 0) is 12.2 Å². The van der Waals surface area contributed by atoms with Crippen LogP contribution in [0.25, 0.3) is 0 Å². The van der Waals surface area contributed by atoms with E-state index in [9.17, 15) is 4.79 Å². The summed E-state index contributed by atoms with van der Waals surface area (Å²) in [6, 6.07) is 0. The maximum absolute atomic E-state index is 9.34. The Balaban J connectivity index is 2.90. The van der Waals surface area contributed by atoms with E-state index >= 15 is 0 Å². The minimum Gasteiger partial charge on any atom is -0.233 e. The molecule has 0 atom stereocenters. The van der Waals surface area contributed by atoms with Crippen molar-refractivity contribution in [2.45, 2.75) is 0 Å². The average molecular weight is 66.1 g/mol. The van der Waals surface area contributed by atoms with Crippen LogP contribution < -0.4 is 0 Å². The van der Waals surface area contributed by atoms with E-state index in [1.807, 2.05) is 0 Å². The first-order valence-electron chi connectivity index (χ1n) is 1.36. The van der Waals surface area contributed by atoms with Gasteiger partial charge in [0.25, 0.3) is 0 Å². The van der Waals surface area contributed by atoms with Gasteiger partial charge < -0.3 is 0 Å². The summed E-state index contributed by atoms with van der Waals surface area (Å²) >= 11 is 0. The Morgan fingerprint density at radius 2 is 2.20 bits per heavy atom. The number of carbonyl (C=O) groups excluding carboxylic acids is 1. The minimum atomic E-state index is 0.699. The first-order valence-corrected chi connectivity index (χ1v) is 1.36. The van der Waals surface area contributed by atoms with Crippen molar-refractivity contribution in [2.75, 3.05) is 0 Å². The molecule has 0 saturated carbocycles. The molecule has 0 aromatic heterocycles. The van der Waals surface area contributed by atoms with Gasteiger partial charge in [0.15, 0.2) is 0 Å². The van der Waals surface area contributed by atoms with E-state index in [-0.39, 0.29) is 0 Å². The van der Waals surface area contributed by atoms with Gasteiger partial charge in [-0.1, -0.05) is 0 Å². The van der Waals surface area contributed by atoms with Crippen LogP contribution in [-0.2, 0) is 4.79 Å². The first-order chi connectivity index (χ1) is 2.43. The molecule has 1 aliphatic rings. The number of rotatable bonds is 0. The fraction of sp³-hybridized carbons (Fsp3) is 0. The summed E-state index contributed by atoms with van der Waals surface area (Å²) in [5.41, 5.74) is 0.699. The van der Waals surface area contributed by atoms with E-state index in [1.54, 1.807) is 18.1 Å². The van der Waals surface area contributed by atoms with Crippen molar-refractivity contribution >= 4 is 5.94 Å². The van der Waals surface area contributed by atoms with Crippen LogP contribution in [0.3, 0.4) is 0 Å². The second-order valence-electron chi connectivity index (χ2n) is 0.891. The van der Waals surface area contributed by atoms with E-state index < -0.39 is 0 Å². The Bertz CT molecular complexity index is 108. The molecule has 1 aliphatic carbocycles. The van der Waals surface area contributed by atoms with Gasteiger partial charge >= 0.3 is 0 Å². The lowest BCUT2D eigenvalue weighted by atomic mass is 10.7. The first kappa shape index (κ1) is 2.43. The Hall–Kier alpha value is -0.810. The van der Waals surface area contributed by atoms with Crippen LogP contribution in [-0.4, -0.2) is 5.94 Å². The van der Waals surface area contributed by atoms with Crippen molar-refractivity contribution in [2.24, 2.45) is 0 Å². The molecule has 1 heteroatoms. The third-order valence-electron chi connectivity index (χ3n) is 0.451. The maximum atomic E-state index is 9.34. The van der Waals surface area contributed by atoms with Crippen molar-refractivity contribution in [1.29, 1.82) is 0 Å². The van der Waals surface area contributed by atoms with Gasteiger partial charge in [-0.25, -0.2) is 4.79 Å². The number of allylic oxidation sites excluding steroid dienone is 3. The zero-order valence-electron chi connectivity index (χ0n) is 2.56. The minimum absolute atomic E-state index is 0.699. The number of hydrogen-bond donors (Lipinski definition) is 0. The van der Waals surface area contributed by atoms with Crippen molar-refractivity contribution in [3.05, 3.63) is 17.7 Å². The Morgan fingerprint density at radius 3 is 2.20 bits per heavy atom. The van der Waals surface area contributed by atoms with Crippen LogP contribution in [0.2, 0.25) is 0 Å². The fourth-order valence-electron chi connectivity index (χ4n) is 0.110. The summed E-state index contributed by atoms with van der Waals surface area (Å²) in [6.45, 7) is 0. The summed E-state index contributed by atoms with van der Waals surface area (Å²) in [5, 5.41) is 0. The standard InChI is InChI=1S/C4H2O/c5-3-4-1-2-4/h1-2H. The molecule has 0 unspecified atom stereocenters. The lowest BCUT2D eigenvalue weighted by Crippen LogP contribution is -1.40. The highest BCUT2D eigenvalue weighted by Gasteiger charge is 1.94. The van der Waals surface area contributed by atoms with E-state index in [0.29, 0.717) is 5.57 Å². The van der Waals surface area contributed by atoms with Crippen LogP contribution in [0.15, 0.2) is 17.7 Å². The Morgan fingerprint density at radius 1 is 1.60 bits per heavy atom. The lowest BCUT2D eigenvalue weighted by Gasteiger charge is -1.38. The molecule has 1 nitrogen and oxygen atoms in total. The molecule has 1 rings (SSSR count). The van der Waals surface area contributed by atoms with Gasteiger partial charge in [-0.2, -0.15) is 0 Å². The van der Waals surface area contributed by atoms with E-state index in [2.05, 4.69) is 0 Å². The average Bonchev–Trinajstić information content (AvgIpc) is 2.12. The normalized spacial score (nSPS) is 14.8. The Labute approximate surface area is 29.6 Å². The molecule has 0 fully saturated rings. The molecule has 0 aliphatic heterocycles. The summed E-state index contributed by atoms with van der Waals surface area (Å²) in [4.78, 5) is 9.34. The molecule has 0 amide bonds. The van der Waals surface area contributed by atoms with Gasteiger partial charge in [-0.15, -0.1) is 0 Å². The lowest BCUT2D eigenvalue weighted by molar-refractivity contribution is 0.568. The second kappa shape index (κ2) is 0.568. The molecule has 0 aromatic carbocycles. The van der Waals surface area contributed by atoms with Crippen molar-refractivity contribution in [3.63, 3.8) is 0 Å². The summed E-state index contributed by atoms with van der Waals surface area (Å²) in [7, 11) is 0. The van der Waals surface area contributed by atoms with Crippen LogP contribution in [0.1, 0.15) is 0 Å². The van der Waals surface area contributed by atoms with Crippen LogP contribution >= 0.6 is 0 Å². The topological polar surface area (TPSA) is 17.1 Å². The predicted octanol–water partition coefficient (Wildman–Crippen LogP) is 0.314.